The Hall–Kier alpha value is -3.27. The van der Waals surface area contributed by atoms with E-state index in [4.69, 9.17) is 0 Å². The van der Waals surface area contributed by atoms with E-state index >= 15 is 0 Å². The zero-order chi connectivity index (χ0) is 16.4. The van der Waals surface area contributed by atoms with E-state index < -0.39 is 0 Å². The fourth-order valence-corrected chi connectivity index (χ4v) is 3.67. The standard InChI is InChI=1S/C20H12N2O2/c1-11-5-4-7-13-17(11)22-16-8-3-2-6-12(16)19(23)14-9-21-10-15(18(14)22)20(13)24/h2-10H,1H3. The zero-order valence-corrected chi connectivity index (χ0v) is 12.9. The number of para-hydroxylation sites is 2. The summed E-state index contributed by atoms with van der Waals surface area (Å²) in [6.45, 7) is 1.98. The Morgan fingerprint density at radius 2 is 1.42 bits per heavy atom. The number of hydrogen-bond donors (Lipinski definition) is 0. The topological polar surface area (TPSA) is 51.4 Å². The van der Waals surface area contributed by atoms with Gasteiger partial charge in [-0.1, -0.05) is 24.3 Å². The highest BCUT2D eigenvalue weighted by Crippen LogP contribution is 2.27. The molecular weight excluding hydrogens is 300 g/mol. The second-order valence-electron chi connectivity index (χ2n) is 6.07. The maximum Gasteiger partial charge on any atom is 0.198 e. The summed E-state index contributed by atoms with van der Waals surface area (Å²) >= 11 is 0. The molecule has 0 N–H and O–H groups in total. The molecule has 0 aliphatic heterocycles. The molecule has 0 unspecified atom stereocenters. The third-order valence-electron chi connectivity index (χ3n) is 4.73. The highest BCUT2D eigenvalue weighted by molar-refractivity contribution is 6.07. The summed E-state index contributed by atoms with van der Waals surface area (Å²) in [5, 5.41) is 2.24. The van der Waals surface area contributed by atoms with Gasteiger partial charge in [-0.05, 0) is 30.7 Å². The van der Waals surface area contributed by atoms with Gasteiger partial charge in [-0.15, -0.1) is 0 Å². The fraction of sp³-hybridized carbons (Fsp3) is 0.0500. The van der Waals surface area contributed by atoms with Gasteiger partial charge in [-0.2, -0.15) is 0 Å². The summed E-state index contributed by atoms with van der Waals surface area (Å²) < 4.78 is 2.04. The fourth-order valence-electron chi connectivity index (χ4n) is 3.67. The normalized spacial score (nSPS) is 11.9. The van der Waals surface area contributed by atoms with Gasteiger partial charge >= 0.3 is 0 Å². The molecule has 0 aliphatic rings. The van der Waals surface area contributed by atoms with Crippen LogP contribution < -0.4 is 10.9 Å². The third-order valence-corrected chi connectivity index (χ3v) is 4.73. The smallest absolute Gasteiger partial charge is 0.198 e. The Morgan fingerprint density at radius 1 is 0.750 bits per heavy atom. The van der Waals surface area contributed by atoms with Crippen molar-refractivity contribution in [3.05, 3.63) is 80.9 Å². The molecule has 4 nitrogen and oxygen atoms in total. The van der Waals surface area contributed by atoms with E-state index in [-0.39, 0.29) is 10.9 Å². The number of rotatable bonds is 0. The molecule has 2 aromatic carbocycles. The van der Waals surface area contributed by atoms with Crippen LogP contribution in [0.5, 0.6) is 0 Å². The summed E-state index contributed by atoms with van der Waals surface area (Å²) in [5.41, 5.74) is 3.14. The molecule has 0 amide bonds. The van der Waals surface area contributed by atoms with Crippen molar-refractivity contribution < 1.29 is 0 Å². The SMILES string of the molecule is Cc1cccc2c(=O)c3cncc4c(=O)c5ccccc5n(c12)c43. The molecule has 0 radical (unpaired) electrons. The van der Waals surface area contributed by atoms with Gasteiger partial charge in [0.25, 0.3) is 0 Å². The van der Waals surface area contributed by atoms with Crippen molar-refractivity contribution >= 4 is 38.1 Å². The average Bonchev–Trinajstić information content (AvgIpc) is 2.61. The van der Waals surface area contributed by atoms with E-state index in [0.29, 0.717) is 27.1 Å². The number of hydrogen-bond acceptors (Lipinski definition) is 3. The van der Waals surface area contributed by atoms with Gasteiger partial charge in [0.1, 0.15) is 0 Å². The average molecular weight is 312 g/mol. The Kier molecular flexibility index (Phi) is 2.41. The van der Waals surface area contributed by atoms with E-state index in [0.717, 1.165) is 16.6 Å². The summed E-state index contributed by atoms with van der Waals surface area (Å²) in [6.07, 6.45) is 3.11. The molecule has 0 atom stereocenters. The number of aryl methyl sites for hydroxylation is 1. The lowest BCUT2D eigenvalue weighted by Gasteiger charge is -2.15. The van der Waals surface area contributed by atoms with Crippen molar-refractivity contribution in [3.8, 4) is 0 Å². The molecule has 3 heterocycles. The van der Waals surface area contributed by atoms with Crippen LogP contribution in [0.15, 0.2) is 64.4 Å². The second kappa shape index (κ2) is 4.38. The first-order valence-corrected chi connectivity index (χ1v) is 7.74. The van der Waals surface area contributed by atoms with Crippen molar-refractivity contribution in [2.45, 2.75) is 6.92 Å². The van der Waals surface area contributed by atoms with Crippen molar-refractivity contribution in [1.82, 2.24) is 9.38 Å². The first-order valence-electron chi connectivity index (χ1n) is 7.74. The molecule has 5 aromatic rings. The van der Waals surface area contributed by atoms with Crippen LogP contribution in [-0.2, 0) is 0 Å². The number of nitrogens with zero attached hydrogens (tertiary/aromatic N) is 2. The van der Waals surface area contributed by atoms with Crippen LogP contribution in [0, 0.1) is 6.92 Å². The van der Waals surface area contributed by atoms with Gasteiger partial charge in [0.05, 0.1) is 27.3 Å². The molecule has 0 saturated carbocycles. The Labute approximate surface area is 136 Å². The molecule has 114 valence electrons. The largest absolute Gasteiger partial charge is 0.307 e. The van der Waals surface area contributed by atoms with Gasteiger partial charge in [0.15, 0.2) is 10.9 Å². The van der Waals surface area contributed by atoms with Gasteiger partial charge < -0.3 is 4.40 Å². The molecule has 0 spiro atoms. The van der Waals surface area contributed by atoms with E-state index in [1.54, 1.807) is 12.4 Å². The number of benzene rings is 2. The van der Waals surface area contributed by atoms with Gasteiger partial charge in [-0.3, -0.25) is 14.6 Å². The molecule has 0 bridgehead atoms. The van der Waals surface area contributed by atoms with Crippen LogP contribution in [0.3, 0.4) is 0 Å². The summed E-state index contributed by atoms with van der Waals surface area (Å²) in [5.74, 6) is 0. The van der Waals surface area contributed by atoms with E-state index in [2.05, 4.69) is 4.98 Å². The quantitative estimate of drug-likeness (QED) is 0.326. The predicted octanol–water partition coefficient (Wildman–Crippen LogP) is 3.26. The van der Waals surface area contributed by atoms with Crippen molar-refractivity contribution in [1.29, 1.82) is 0 Å². The second-order valence-corrected chi connectivity index (χ2v) is 6.07. The van der Waals surface area contributed by atoms with Crippen LogP contribution in [0.4, 0.5) is 0 Å². The van der Waals surface area contributed by atoms with Gasteiger partial charge in [0.2, 0.25) is 0 Å². The van der Waals surface area contributed by atoms with Gasteiger partial charge in [0, 0.05) is 23.2 Å². The molecule has 4 heteroatoms. The Balaban J connectivity index is 2.38. The molecule has 0 saturated heterocycles. The summed E-state index contributed by atoms with van der Waals surface area (Å²) in [4.78, 5) is 29.9. The lowest BCUT2D eigenvalue weighted by molar-refractivity contribution is 1.26. The van der Waals surface area contributed by atoms with E-state index in [1.165, 1.54) is 0 Å². The van der Waals surface area contributed by atoms with Crippen LogP contribution in [0.1, 0.15) is 5.56 Å². The first kappa shape index (κ1) is 13.2. The van der Waals surface area contributed by atoms with Crippen molar-refractivity contribution in [2.24, 2.45) is 0 Å². The minimum atomic E-state index is -0.0870. The summed E-state index contributed by atoms with van der Waals surface area (Å²) in [6, 6.07) is 13.2. The molecule has 0 aliphatic carbocycles. The van der Waals surface area contributed by atoms with E-state index in [9.17, 15) is 9.59 Å². The maximum absolute atomic E-state index is 12.9. The van der Waals surface area contributed by atoms with Crippen LogP contribution in [0.2, 0.25) is 0 Å². The van der Waals surface area contributed by atoms with Crippen LogP contribution >= 0.6 is 0 Å². The zero-order valence-electron chi connectivity index (χ0n) is 12.9. The number of pyridine rings is 3. The lowest BCUT2D eigenvalue weighted by Crippen LogP contribution is -2.15. The monoisotopic (exact) mass is 312 g/mol. The molecule has 0 fully saturated rings. The lowest BCUT2D eigenvalue weighted by atomic mass is 10.0. The molecule has 3 aromatic heterocycles. The Bertz CT molecular complexity index is 1380. The number of aromatic nitrogens is 2. The minimum absolute atomic E-state index is 0.0820. The molecule has 24 heavy (non-hydrogen) atoms. The van der Waals surface area contributed by atoms with E-state index in [1.807, 2.05) is 53.8 Å². The highest BCUT2D eigenvalue weighted by Gasteiger charge is 2.17. The van der Waals surface area contributed by atoms with Crippen molar-refractivity contribution in [3.63, 3.8) is 0 Å². The maximum atomic E-state index is 12.9. The third kappa shape index (κ3) is 1.45. The minimum Gasteiger partial charge on any atom is -0.307 e. The molecule has 5 rings (SSSR count). The summed E-state index contributed by atoms with van der Waals surface area (Å²) in [7, 11) is 0. The first-order chi connectivity index (χ1) is 11.7. The Morgan fingerprint density at radius 3 is 2.21 bits per heavy atom. The van der Waals surface area contributed by atoms with Crippen LogP contribution in [0.25, 0.3) is 38.1 Å². The van der Waals surface area contributed by atoms with Crippen LogP contribution in [-0.4, -0.2) is 9.38 Å². The predicted molar refractivity (Wildman–Crippen MR) is 96.2 cm³/mol. The highest BCUT2D eigenvalue weighted by atomic mass is 16.1. The number of fused-ring (bicyclic) bond motifs is 4. The van der Waals surface area contributed by atoms with Crippen molar-refractivity contribution in [2.75, 3.05) is 0 Å². The molecular formula is C20H12N2O2. The van der Waals surface area contributed by atoms with Gasteiger partial charge in [-0.25, -0.2) is 0 Å².